The predicted molar refractivity (Wildman–Crippen MR) is 75.8 cm³/mol. The van der Waals surface area contributed by atoms with Crippen molar-refractivity contribution in [3.63, 3.8) is 0 Å². The number of benzene rings is 1. The lowest BCUT2D eigenvalue weighted by molar-refractivity contribution is 0.169. The molecule has 5 heteroatoms. The van der Waals surface area contributed by atoms with Gasteiger partial charge in [0.2, 0.25) is 6.79 Å². The highest BCUT2D eigenvalue weighted by molar-refractivity contribution is 5.53. The first-order chi connectivity index (χ1) is 9.74. The number of likely N-dealkylation sites (tertiary alicyclic amines) is 1. The van der Waals surface area contributed by atoms with Crippen LogP contribution < -0.4 is 15.2 Å². The van der Waals surface area contributed by atoms with Crippen LogP contribution in [-0.4, -0.2) is 38.9 Å². The van der Waals surface area contributed by atoms with Crippen molar-refractivity contribution < 1.29 is 14.2 Å². The lowest BCUT2D eigenvalue weighted by atomic mass is 9.94. The van der Waals surface area contributed by atoms with E-state index in [9.17, 15) is 0 Å². The van der Waals surface area contributed by atoms with Crippen LogP contribution in [0.15, 0.2) is 12.1 Å². The van der Waals surface area contributed by atoms with E-state index in [0.717, 1.165) is 31.0 Å². The predicted octanol–water partition coefficient (Wildman–Crippen LogP) is 1.51. The van der Waals surface area contributed by atoms with Gasteiger partial charge in [0.1, 0.15) is 0 Å². The summed E-state index contributed by atoms with van der Waals surface area (Å²) in [6.07, 6.45) is 1.06. The minimum Gasteiger partial charge on any atom is -0.454 e. The van der Waals surface area contributed by atoms with Gasteiger partial charge in [-0.3, -0.25) is 4.90 Å². The maximum atomic E-state index is 5.84. The highest BCUT2D eigenvalue weighted by atomic mass is 16.7. The van der Waals surface area contributed by atoms with Crippen molar-refractivity contribution in [2.75, 3.05) is 34.0 Å². The lowest BCUT2D eigenvalue weighted by Gasteiger charge is -2.23. The number of fused-ring (bicyclic) bond motifs is 1. The fourth-order valence-corrected chi connectivity index (χ4v) is 3.30. The first-order valence-corrected chi connectivity index (χ1v) is 7.05. The molecule has 1 aromatic rings. The van der Waals surface area contributed by atoms with Crippen molar-refractivity contribution in [2.45, 2.75) is 19.1 Å². The molecule has 0 aliphatic carbocycles. The SMILES string of the molecule is COCc1ccc2c(c1C1CC(CN)CN1C)OCO2. The van der Waals surface area contributed by atoms with Gasteiger partial charge in [0.15, 0.2) is 11.5 Å². The zero-order valence-corrected chi connectivity index (χ0v) is 12.1. The number of ether oxygens (including phenoxy) is 3. The molecule has 1 saturated heterocycles. The smallest absolute Gasteiger partial charge is 0.231 e. The van der Waals surface area contributed by atoms with E-state index in [2.05, 4.69) is 18.0 Å². The summed E-state index contributed by atoms with van der Waals surface area (Å²) in [6, 6.07) is 4.37. The summed E-state index contributed by atoms with van der Waals surface area (Å²) in [5.41, 5.74) is 8.22. The van der Waals surface area contributed by atoms with E-state index in [1.165, 1.54) is 11.1 Å². The quantitative estimate of drug-likeness (QED) is 0.905. The standard InChI is InChI=1S/C15H22N2O3/c1-17-7-10(6-16)5-12(17)14-11(8-18-2)3-4-13-15(14)20-9-19-13/h3-4,10,12H,5-9,16H2,1-2H3. The fourth-order valence-electron chi connectivity index (χ4n) is 3.30. The molecule has 0 aromatic heterocycles. The van der Waals surface area contributed by atoms with Crippen molar-refractivity contribution in [3.8, 4) is 11.5 Å². The van der Waals surface area contributed by atoms with Crippen molar-refractivity contribution in [3.05, 3.63) is 23.3 Å². The van der Waals surface area contributed by atoms with Gasteiger partial charge in [-0.2, -0.15) is 0 Å². The Morgan fingerprint density at radius 2 is 2.25 bits per heavy atom. The summed E-state index contributed by atoms with van der Waals surface area (Å²) in [5.74, 6) is 2.26. The molecule has 5 nitrogen and oxygen atoms in total. The van der Waals surface area contributed by atoms with Crippen molar-refractivity contribution in [1.29, 1.82) is 0 Å². The van der Waals surface area contributed by atoms with Crippen molar-refractivity contribution in [2.24, 2.45) is 11.7 Å². The van der Waals surface area contributed by atoms with Crippen LogP contribution in [0.25, 0.3) is 0 Å². The molecular formula is C15H22N2O3. The van der Waals surface area contributed by atoms with Crippen LogP contribution in [0.4, 0.5) is 0 Å². The highest BCUT2D eigenvalue weighted by Gasteiger charge is 2.35. The van der Waals surface area contributed by atoms with E-state index in [0.29, 0.717) is 25.4 Å². The highest BCUT2D eigenvalue weighted by Crippen LogP contribution is 2.46. The molecule has 2 N–H and O–H groups in total. The second-order valence-electron chi connectivity index (χ2n) is 5.60. The Kier molecular flexibility index (Phi) is 3.83. The summed E-state index contributed by atoms with van der Waals surface area (Å²) in [6.45, 7) is 2.64. The maximum absolute atomic E-state index is 5.84. The van der Waals surface area contributed by atoms with Crippen LogP contribution in [0.5, 0.6) is 11.5 Å². The third-order valence-electron chi connectivity index (χ3n) is 4.27. The van der Waals surface area contributed by atoms with Crippen LogP contribution in [0.3, 0.4) is 0 Å². The van der Waals surface area contributed by atoms with Gasteiger partial charge in [0.05, 0.1) is 6.61 Å². The number of hydrogen-bond acceptors (Lipinski definition) is 5. The summed E-state index contributed by atoms with van der Waals surface area (Å²) < 4.78 is 16.6. The van der Waals surface area contributed by atoms with Crippen LogP contribution in [0.2, 0.25) is 0 Å². The number of nitrogens with zero attached hydrogens (tertiary/aromatic N) is 1. The van der Waals surface area contributed by atoms with E-state index < -0.39 is 0 Å². The Balaban J connectivity index is 2.00. The van der Waals surface area contributed by atoms with Crippen LogP contribution in [-0.2, 0) is 11.3 Å². The normalized spacial score (nSPS) is 25.4. The zero-order valence-electron chi connectivity index (χ0n) is 12.1. The minimum absolute atomic E-state index is 0.301. The summed E-state index contributed by atoms with van der Waals surface area (Å²) >= 11 is 0. The largest absolute Gasteiger partial charge is 0.454 e. The second-order valence-corrected chi connectivity index (χ2v) is 5.60. The molecule has 0 radical (unpaired) electrons. The van der Waals surface area contributed by atoms with Crippen molar-refractivity contribution >= 4 is 0 Å². The lowest BCUT2D eigenvalue weighted by Crippen LogP contribution is -2.21. The van der Waals surface area contributed by atoms with E-state index in [4.69, 9.17) is 19.9 Å². The summed E-state index contributed by atoms with van der Waals surface area (Å²) in [7, 11) is 3.86. The number of methoxy groups -OCH3 is 1. The second kappa shape index (κ2) is 5.60. The first kappa shape index (κ1) is 13.7. The topological polar surface area (TPSA) is 57.0 Å². The molecule has 1 fully saturated rings. The van der Waals surface area contributed by atoms with Crippen LogP contribution >= 0.6 is 0 Å². The van der Waals surface area contributed by atoms with Gasteiger partial charge in [0, 0.05) is 25.3 Å². The summed E-state index contributed by atoms with van der Waals surface area (Å²) in [4.78, 5) is 2.36. The molecule has 2 aliphatic rings. The van der Waals surface area contributed by atoms with Gasteiger partial charge in [0.25, 0.3) is 0 Å². The summed E-state index contributed by atoms with van der Waals surface area (Å²) in [5, 5.41) is 0. The molecule has 2 heterocycles. The Hall–Kier alpha value is -1.30. The molecule has 1 aromatic carbocycles. The van der Waals surface area contributed by atoms with Gasteiger partial charge in [-0.25, -0.2) is 0 Å². The maximum Gasteiger partial charge on any atom is 0.231 e. The van der Waals surface area contributed by atoms with Gasteiger partial charge in [-0.1, -0.05) is 6.07 Å². The molecule has 110 valence electrons. The van der Waals surface area contributed by atoms with Gasteiger partial charge >= 0.3 is 0 Å². The Bertz CT molecular complexity index is 492. The molecule has 20 heavy (non-hydrogen) atoms. The molecule has 0 saturated carbocycles. The molecule has 0 bridgehead atoms. The van der Waals surface area contributed by atoms with Crippen LogP contribution in [0.1, 0.15) is 23.6 Å². The van der Waals surface area contributed by atoms with Gasteiger partial charge in [-0.05, 0) is 37.6 Å². The van der Waals surface area contributed by atoms with E-state index in [1.54, 1.807) is 7.11 Å². The van der Waals surface area contributed by atoms with E-state index >= 15 is 0 Å². The van der Waals surface area contributed by atoms with E-state index in [1.807, 2.05) is 6.07 Å². The molecule has 2 atom stereocenters. The van der Waals surface area contributed by atoms with Gasteiger partial charge < -0.3 is 19.9 Å². The van der Waals surface area contributed by atoms with Gasteiger partial charge in [-0.15, -0.1) is 0 Å². The van der Waals surface area contributed by atoms with E-state index in [-0.39, 0.29) is 0 Å². The molecule has 2 aliphatic heterocycles. The number of hydrogen-bond donors (Lipinski definition) is 1. The molecule has 0 amide bonds. The third kappa shape index (κ3) is 2.26. The average Bonchev–Trinajstić information content (AvgIpc) is 3.05. The Morgan fingerprint density at radius 3 is 2.95 bits per heavy atom. The Morgan fingerprint density at radius 1 is 1.40 bits per heavy atom. The average molecular weight is 278 g/mol. The zero-order chi connectivity index (χ0) is 14.1. The first-order valence-electron chi connectivity index (χ1n) is 7.05. The molecular weight excluding hydrogens is 256 g/mol. The fraction of sp³-hybridized carbons (Fsp3) is 0.600. The van der Waals surface area contributed by atoms with Crippen LogP contribution in [0, 0.1) is 5.92 Å². The number of nitrogens with two attached hydrogens (primary N) is 1. The molecule has 0 spiro atoms. The third-order valence-corrected chi connectivity index (χ3v) is 4.27. The Labute approximate surface area is 119 Å². The monoisotopic (exact) mass is 278 g/mol. The minimum atomic E-state index is 0.301. The van der Waals surface area contributed by atoms with Crippen molar-refractivity contribution in [1.82, 2.24) is 4.90 Å². The molecule has 2 unspecified atom stereocenters. The molecule has 3 rings (SSSR count). The number of rotatable bonds is 4.